The highest BCUT2D eigenvalue weighted by atomic mass is 35.5. The van der Waals surface area contributed by atoms with E-state index in [1.54, 1.807) is 18.2 Å². The largest absolute Gasteiger partial charge is 0.436 e. The minimum Gasteiger partial charge on any atom is -0.436 e. The van der Waals surface area contributed by atoms with Gasteiger partial charge in [0, 0.05) is 11.1 Å². The number of hydrogen-bond donors (Lipinski definition) is 1. The van der Waals surface area contributed by atoms with Crippen LogP contribution < -0.4 is 5.32 Å². The highest BCUT2D eigenvalue weighted by Gasteiger charge is 2.14. The first-order valence-corrected chi connectivity index (χ1v) is 10.1. The zero-order chi connectivity index (χ0) is 21.3. The van der Waals surface area contributed by atoms with E-state index < -0.39 is 5.82 Å². The number of nitrogens with one attached hydrogen (secondary N) is 1. The van der Waals surface area contributed by atoms with Gasteiger partial charge in [-0.15, -0.1) is 0 Å². The number of halogens is 2. The molecule has 1 aromatic heterocycles. The molecule has 0 radical (unpaired) electrons. The highest BCUT2D eigenvalue weighted by Crippen LogP contribution is 2.32. The predicted molar refractivity (Wildman–Crippen MR) is 118 cm³/mol. The molecule has 0 spiro atoms. The van der Waals surface area contributed by atoms with Gasteiger partial charge in [-0.25, -0.2) is 9.37 Å². The van der Waals surface area contributed by atoms with Gasteiger partial charge in [-0.1, -0.05) is 31.5 Å². The summed E-state index contributed by atoms with van der Waals surface area (Å²) in [5, 5.41) is 3.14. The van der Waals surface area contributed by atoms with Gasteiger partial charge in [0.2, 0.25) is 5.89 Å². The summed E-state index contributed by atoms with van der Waals surface area (Å²) in [7, 11) is 0. The lowest BCUT2D eigenvalue weighted by atomic mass is 9.98. The van der Waals surface area contributed by atoms with Crippen molar-refractivity contribution in [1.82, 2.24) is 4.98 Å². The van der Waals surface area contributed by atoms with Gasteiger partial charge in [0.05, 0.1) is 10.7 Å². The van der Waals surface area contributed by atoms with E-state index in [-0.39, 0.29) is 5.91 Å². The molecule has 1 N–H and O–H groups in total. The van der Waals surface area contributed by atoms with Crippen LogP contribution in [0, 0.1) is 5.82 Å². The first kappa shape index (κ1) is 20.1. The number of amides is 1. The second-order valence-corrected chi connectivity index (χ2v) is 7.62. The van der Waals surface area contributed by atoms with Crippen LogP contribution in [0.3, 0.4) is 0 Å². The van der Waals surface area contributed by atoms with Gasteiger partial charge in [0.1, 0.15) is 11.3 Å². The fraction of sp³-hybridized carbons (Fsp3) is 0.167. The van der Waals surface area contributed by atoms with Gasteiger partial charge in [0.25, 0.3) is 5.91 Å². The first-order chi connectivity index (χ1) is 14.4. The molecule has 0 saturated carbocycles. The number of nitrogens with zero attached hydrogens (tertiary/aromatic N) is 1. The molecule has 6 heteroatoms. The van der Waals surface area contributed by atoms with E-state index in [0.29, 0.717) is 39.2 Å². The fourth-order valence-corrected chi connectivity index (χ4v) is 3.32. The van der Waals surface area contributed by atoms with Gasteiger partial charge < -0.3 is 9.73 Å². The minimum atomic E-state index is -0.404. The molecule has 3 aromatic carbocycles. The quantitative estimate of drug-likeness (QED) is 0.374. The van der Waals surface area contributed by atoms with Crippen LogP contribution in [0.1, 0.15) is 42.1 Å². The number of benzene rings is 3. The number of aromatic nitrogens is 1. The van der Waals surface area contributed by atoms with Gasteiger partial charge in [-0.2, -0.15) is 0 Å². The number of carbonyl (C=O) groups excluding carboxylic acids is 1. The smallest absolute Gasteiger partial charge is 0.255 e. The molecule has 30 heavy (non-hydrogen) atoms. The first-order valence-electron chi connectivity index (χ1n) is 9.72. The maximum Gasteiger partial charge on any atom is 0.255 e. The molecule has 152 valence electrons. The lowest BCUT2D eigenvalue weighted by Crippen LogP contribution is -2.12. The Hall–Kier alpha value is -3.18. The molecule has 0 bridgehead atoms. The van der Waals surface area contributed by atoms with Crippen molar-refractivity contribution in [2.24, 2.45) is 0 Å². The van der Waals surface area contributed by atoms with Gasteiger partial charge in [0.15, 0.2) is 5.58 Å². The van der Waals surface area contributed by atoms with Crippen molar-refractivity contribution in [3.63, 3.8) is 0 Å². The summed E-state index contributed by atoms with van der Waals surface area (Å²) in [6, 6.07) is 16.5. The molecule has 0 unspecified atom stereocenters. The second kappa shape index (κ2) is 8.28. The van der Waals surface area contributed by atoms with Crippen LogP contribution >= 0.6 is 11.6 Å². The van der Waals surface area contributed by atoms with E-state index in [0.717, 1.165) is 11.9 Å². The third kappa shape index (κ3) is 4.07. The molecule has 4 rings (SSSR count). The maximum absolute atomic E-state index is 13.1. The molecule has 0 aliphatic heterocycles. The number of fused-ring (bicyclic) bond motifs is 1. The number of anilines is 1. The van der Waals surface area contributed by atoms with Crippen LogP contribution in [0.15, 0.2) is 65.1 Å². The van der Waals surface area contributed by atoms with Crippen molar-refractivity contribution in [2.75, 3.05) is 5.32 Å². The van der Waals surface area contributed by atoms with Crippen LogP contribution in [0.2, 0.25) is 5.02 Å². The monoisotopic (exact) mass is 422 g/mol. The summed E-state index contributed by atoms with van der Waals surface area (Å²) in [4.78, 5) is 17.1. The number of rotatable bonds is 5. The molecule has 0 aliphatic rings. The SMILES string of the molecule is CC[C@@H](C)c1ccc2oc(-c3ccc(Cl)c(NC(=O)c4ccc(F)cc4)c3)nc2c1. The van der Waals surface area contributed by atoms with Crippen molar-refractivity contribution >= 4 is 34.3 Å². The third-order valence-electron chi connectivity index (χ3n) is 5.16. The summed E-state index contributed by atoms with van der Waals surface area (Å²) < 4.78 is 19.0. The van der Waals surface area contributed by atoms with E-state index in [4.69, 9.17) is 16.0 Å². The molecular weight excluding hydrogens is 403 g/mol. The van der Waals surface area contributed by atoms with Crippen molar-refractivity contribution in [3.05, 3.63) is 82.6 Å². The van der Waals surface area contributed by atoms with Crippen LogP contribution in [-0.4, -0.2) is 10.9 Å². The highest BCUT2D eigenvalue weighted by molar-refractivity contribution is 6.34. The average Bonchev–Trinajstić information content (AvgIpc) is 3.18. The Morgan fingerprint density at radius 2 is 1.90 bits per heavy atom. The van der Waals surface area contributed by atoms with Crippen molar-refractivity contribution in [3.8, 4) is 11.5 Å². The Morgan fingerprint density at radius 1 is 1.13 bits per heavy atom. The lowest BCUT2D eigenvalue weighted by molar-refractivity contribution is 0.102. The molecular formula is C24H20ClFN2O2. The van der Waals surface area contributed by atoms with E-state index in [2.05, 4.69) is 30.2 Å². The van der Waals surface area contributed by atoms with Crippen molar-refractivity contribution in [1.29, 1.82) is 0 Å². The number of carbonyl (C=O) groups is 1. The Kier molecular flexibility index (Phi) is 5.55. The summed E-state index contributed by atoms with van der Waals surface area (Å²) in [6.07, 6.45) is 1.05. The molecule has 1 atom stereocenters. The van der Waals surface area contributed by atoms with Crippen LogP contribution in [-0.2, 0) is 0 Å². The molecule has 0 aliphatic carbocycles. The van der Waals surface area contributed by atoms with Gasteiger partial charge in [-0.05, 0) is 72.5 Å². The van der Waals surface area contributed by atoms with Crippen molar-refractivity contribution in [2.45, 2.75) is 26.2 Å². The van der Waals surface area contributed by atoms with E-state index in [9.17, 15) is 9.18 Å². The molecule has 4 nitrogen and oxygen atoms in total. The van der Waals surface area contributed by atoms with Crippen LogP contribution in [0.5, 0.6) is 0 Å². The molecule has 4 aromatic rings. The lowest BCUT2D eigenvalue weighted by Gasteiger charge is -2.08. The Balaban J connectivity index is 1.64. The average molecular weight is 423 g/mol. The van der Waals surface area contributed by atoms with Crippen LogP contribution in [0.4, 0.5) is 10.1 Å². The zero-order valence-electron chi connectivity index (χ0n) is 16.6. The second-order valence-electron chi connectivity index (χ2n) is 7.21. The standard InChI is InChI=1S/C24H20ClFN2O2/c1-3-14(2)16-7-11-22-21(12-16)28-24(30-22)17-6-10-19(25)20(13-17)27-23(29)15-4-8-18(26)9-5-15/h4-14H,3H2,1-2H3,(H,27,29)/t14-/m1/s1. The van der Waals surface area contributed by atoms with Gasteiger partial charge in [-0.3, -0.25) is 4.79 Å². The Labute approximate surface area is 178 Å². The Bertz CT molecular complexity index is 1220. The zero-order valence-corrected chi connectivity index (χ0v) is 17.3. The summed E-state index contributed by atoms with van der Waals surface area (Å²) in [6.45, 7) is 4.33. The molecule has 0 fully saturated rings. The maximum atomic E-state index is 13.1. The number of hydrogen-bond acceptors (Lipinski definition) is 3. The van der Waals surface area contributed by atoms with E-state index in [1.807, 2.05) is 12.1 Å². The molecule has 0 saturated heterocycles. The van der Waals surface area contributed by atoms with E-state index >= 15 is 0 Å². The fourth-order valence-electron chi connectivity index (χ4n) is 3.16. The van der Waals surface area contributed by atoms with Gasteiger partial charge >= 0.3 is 0 Å². The van der Waals surface area contributed by atoms with E-state index in [1.165, 1.54) is 29.8 Å². The predicted octanol–water partition coefficient (Wildman–Crippen LogP) is 7.05. The summed E-state index contributed by atoms with van der Waals surface area (Å²) in [5.41, 5.74) is 4.14. The van der Waals surface area contributed by atoms with Crippen molar-refractivity contribution < 1.29 is 13.6 Å². The summed E-state index contributed by atoms with van der Waals surface area (Å²) >= 11 is 6.26. The number of oxazole rings is 1. The topological polar surface area (TPSA) is 55.1 Å². The third-order valence-corrected chi connectivity index (χ3v) is 5.49. The summed E-state index contributed by atoms with van der Waals surface area (Å²) in [5.74, 6) is 0.0995. The normalized spacial score (nSPS) is 12.1. The molecule has 1 amide bonds. The Morgan fingerprint density at radius 3 is 2.63 bits per heavy atom. The van der Waals surface area contributed by atoms with Crippen LogP contribution in [0.25, 0.3) is 22.6 Å². The minimum absolute atomic E-state index is 0.331. The molecule has 1 heterocycles.